The van der Waals surface area contributed by atoms with Crippen molar-refractivity contribution in [2.24, 2.45) is 5.92 Å². The normalized spacial score (nSPS) is 29.6. The molecular weight excluding hydrogens is 296 g/mol. The number of rotatable bonds is 6. The molecule has 22 heavy (non-hydrogen) atoms. The maximum absolute atomic E-state index is 11.8. The predicted octanol–water partition coefficient (Wildman–Crippen LogP) is 0.0371. The topological polar surface area (TPSA) is 108 Å². The third-order valence-electron chi connectivity index (χ3n) is 3.69. The van der Waals surface area contributed by atoms with E-state index >= 15 is 0 Å². The van der Waals surface area contributed by atoms with Crippen molar-refractivity contribution in [2.75, 3.05) is 13.4 Å². The fourth-order valence-electron chi connectivity index (χ4n) is 2.57. The molecule has 0 amide bonds. The molecule has 2 aliphatic rings. The van der Waals surface area contributed by atoms with E-state index < -0.39 is 37.2 Å². The first-order chi connectivity index (χ1) is 10.4. The van der Waals surface area contributed by atoms with Gasteiger partial charge in [0.05, 0.1) is 5.92 Å². The van der Waals surface area contributed by atoms with E-state index in [4.69, 9.17) is 24.1 Å². The van der Waals surface area contributed by atoms with Crippen molar-refractivity contribution in [1.82, 2.24) is 0 Å². The zero-order valence-electron chi connectivity index (χ0n) is 12.2. The van der Waals surface area contributed by atoms with Gasteiger partial charge in [-0.1, -0.05) is 6.58 Å². The van der Waals surface area contributed by atoms with Gasteiger partial charge in [-0.3, -0.25) is 4.79 Å². The van der Waals surface area contributed by atoms with Crippen molar-refractivity contribution in [1.29, 1.82) is 0 Å². The summed E-state index contributed by atoms with van der Waals surface area (Å²) in [5, 5.41) is 9.03. The standard InChI is InChI=1S/C14H18O8/c1-8(2)12(17)19-6-11(16)22-14(20-7-15)4-3-9-5-10(14)21-13(9)18/h9-10,15H,1,3-7H2,2H3. The van der Waals surface area contributed by atoms with Gasteiger partial charge in [-0.05, 0) is 13.3 Å². The van der Waals surface area contributed by atoms with Gasteiger partial charge < -0.3 is 24.1 Å². The number of carbonyl (C=O) groups is 3. The highest BCUT2D eigenvalue weighted by Crippen LogP contribution is 2.43. The summed E-state index contributed by atoms with van der Waals surface area (Å²) in [6.07, 6.45) is 0.229. The van der Waals surface area contributed by atoms with Crippen LogP contribution in [0.15, 0.2) is 12.2 Å². The molecule has 3 unspecified atom stereocenters. The summed E-state index contributed by atoms with van der Waals surface area (Å²) >= 11 is 0. The van der Waals surface area contributed by atoms with Crippen LogP contribution in [0.25, 0.3) is 0 Å². The minimum absolute atomic E-state index is 0.152. The lowest BCUT2D eigenvalue weighted by atomic mass is 9.85. The molecular formula is C14H18O8. The Morgan fingerprint density at radius 1 is 1.50 bits per heavy atom. The molecule has 1 aliphatic heterocycles. The molecule has 122 valence electrons. The molecule has 0 aromatic heterocycles. The number of carbonyl (C=O) groups excluding carboxylic acids is 3. The van der Waals surface area contributed by atoms with E-state index in [1.54, 1.807) is 0 Å². The number of aliphatic hydroxyl groups excluding tert-OH is 1. The van der Waals surface area contributed by atoms with Crippen LogP contribution in [-0.2, 0) is 33.3 Å². The molecule has 3 atom stereocenters. The molecule has 2 rings (SSSR count). The molecule has 2 fully saturated rings. The third-order valence-corrected chi connectivity index (χ3v) is 3.69. The molecule has 0 aromatic carbocycles. The second kappa shape index (κ2) is 6.45. The Hall–Kier alpha value is -1.93. The maximum Gasteiger partial charge on any atom is 0.346 e. The van der Waals surface area contributed by atoms with Crippen LogP contribution in [-0.4, -0.2) is 48.3 Å². The van der Waals surface area contributed by atoms with Gasteiger partial charge in [0.1, 0.15) is 6.79 Å². The predicted molar refractivity (Wildman–Crippen MR) is 70.0 cm³/mol. The molecule has 1 saturated carbocycles. The maximum atomic E-state index is 11.8. The first-order valence-electron chi connectivity index (χ1n) is 6.88. The Morgan fingerprint density at radius 2 is 2.23 bits per heavy atom. The number of ether oxygens (including phenoxy) is 4. The van der Waals surface area contributed by atoms with Crippen molar-refractivity contribution < 1.29 is 38.4 Å². The number of esters is 3. The first kappa shape index (κ1) is 16.4. The lowest BCUT2D eigenvalue weighted by Gasteiger charge is -2.38. The van der Waals surface area contributed by atoms with Crippen LogP contribution in [0.1, 0.15) is 26.2 Å². The van der Waals surface area contributed by atoms with Crippen LogP contribution in [0.5, 0.6) is 0 Å². The Balaban J connectivity index is 1.99. The smallest absolute Gasteiger partial charge is 0.346 e. The van der Waals surface area contributed by atoms with E-state index in [2.05, 4.69) is 6.58 Å². The minimum Gasteiger partial charge on any atom is -0.455 e. The van der Waals surface area contributed by atoms with Crippen LogP contribution in [0.4, 0.5) is 0 Å². The van der Waals surface area contributed by atoms with Gasteiger partial charge in [0.15, 0.2) is 12.7 Å². The highest BCUT2D eigenvalue weighted by molar-refractivity contribution is 5.88. The fourth-order valence-corrected chi connectivity index (χ4v) is 2.57. The van der Waals surface area contributed by atoms with Gasteiger partial charge in [0.25, 0.3) is 5.79 Å². The quantitative estimate of drug-likeness (QED) is 0.317. The zero-order chi connectivity index (χ0) is 16.3. The summed E-state index contributed by atoms with van der Waals surface area (Å²) in [6.45, 7) is 3.52. The molecule has 1 saturated heterocycles. The average molecular weight is 314 g/mol. The molecule has 8 nitrogen and oxygen atoms in total. The Bertz CT molecular complexity index is 499. The zero-order valence-corrected chi connectivity index (χ0v) is 12.2. The summed E-state index contributed by atoms with van der Waals surface area (Å²) in [5.74, 6) is -3.71. The Kier molecular flexibility index (Phi) is 4.82. The van der Waals surface area contributed by atoms with E-state index in [-0.39, 0.29) is 23.9 Å². The molecule has 0 aromatic rings. The van der Waals surface area contributed by atoms with Gasteiger partial charge in [-0.25, -0.2) is 9.59 Å². The highest BCUT2D eigenvalue weighted by Gasteiger charge is 2.56. The van der Waals surface area contributed by atoms with Crippen molar-refractivity contribution >= 4 is 17.9 Å². The van der Waals surface area contributed by atoms with Crippen molar-refractivity contribution in [3.05, 3.63) is 12.2 Å². The van der Waals surface area contributed by atoms with Crippen LogP contribution in [0.2, 0.25) is 0 Å². The van der Waals surface area contributed by atoms with E-state index in [1.807, 2.05) is 0 Å². The molecule has 1 N–H and O–H groups in total. The lowest BCUT2D eigenvalue weighted by molar-refractivity contribution is -0.296. The summed E-state index contributed by atoms with van der Waals surface area (Å²) in [7, 11) is 0. The first-order valence-corrected chi connectivity index (χ1v) is 6.88. The second-order valence-electron chi connectivity index (χ2n) is 5.31. The number of hydrogen-bond donors (Lipinski definition) is 1. The minimum atomic E-state index is -1.54. The van der Waals surface area contributed by atoms with E-state index in [1.165, 1.54) is 6.92 Å². The largest absolute Gasteiger partial charge is 0.455 e. The van der Waals surface area contributed by atoms with Gasteiger partial charge in [-0.15, -0.1) is 0 Å². The number of hydrogen-bond acceptors (Lipinski definition) is 8. The van der Waals surface area contributed by atoms with E-state index in [0.717, 1.165) is 0 Å². The number of fused-ring (bicyclic) bond motifs is 2. The summed E-state index contributed by atoms with van der Waals surface area (Å²) in [4.78, 5) is 34.7. The van der Waals surface area contributed by atoms with Crippen molar-refractivity contribution in [3.63, 3.8) is 0 Å². The van der Waals surface area contributed by atoms with Crippen molar-refractivity contribution in [3.8, 4) is 0 Å². The molecule has 1 aliphatic carbocycles. The van der Waals surface area contributed by atoms with Gasteiger partial charge in [0, 0.05) is 18.4 Å². The molecule has 8 heteroatoms. The Morgan fingerprint density at radius 3 is 2.86 bits per heavy atom. The molecule has 0 radical (unpaired) electrons. The molecule has 0 spiro atoms. The van der Waals surface area contributed by atoms with E-state index in [9.17, 15) is 14.4 Å². The Labute approximate surface area is 127 Å². The SMILES string of the molecule is C=C(C)C(=O)OCC(=O)OC1(OCO)CCC2CC1OC2=O. The summed E-state index contributed by atoms with van der Waals surface area (Å²) in [5.41, 5.74) is 0.152. The molecule has 1 heterocycles. The second-order valence-corrected chi connectivity index (χ2v) is 5.31. The third kappa shape index (κ3) is 3.28. The van der Waals surface area contributed by atoms with Gasteiger partial charge >= 0.3 is 17.9 Å². The fraction of sp³-hybridized carbons (Fsp3) is 0.643. The van der Waals surface area contributed by atoms with E-state index in [0.29, 0.717) is 12.8 Å². The summed E-state index contributed by atoms with van der Waals surface area (Å²) < 4.78 is 20.2. The number of aliphatic hydroxyl groups is 1. The van der Waals surface area contributed by atoms with Crippen LogP contribution >= 0.6 is 0 Å². The van der Waals surface area contributed by atoms with Gasteiger partial charge in [-0.2, -0.15) is 0 Å². The lowest BCUT2D eigenvalue weighted by Crippen LogP contribution is -2.51. The van der Waals surface area contributed by atoms with Gasteiger partial charge in [0.2, 0.25) is 0 Å². The van der Waals surface area contributed by atoms with Crippen LogP contribution < -0.4 is 0 Å². The van der Waals surface area contributed by atoms with Crippen LogP contribution in [0.3, 0.4) is 0 Å². The summed E-state index contributed by atoms with van der Waals surface area (Å²) in [6, 6.07) is 0. The highest BCUT2D eigenvalue weighted by atomic mass is 16.8. The monoisotopic (exact) mass is 314 g/mol. The molecule has 2 bridgehead atoms. The van der Waals surface area contributed by atoms with Crippen molar-refractivity contribution in [2.45, 2.75) is 38.1 Å². The van der Waals surface area contributed by atoms with Crippen LogP contribution in [0, 0.1) is 5.92 Å². The average Bonchev–Trinajstić information content (AvgIpc) is 2.78.